The zero-order valence-corrected chi connectivity index (χ0v) is 8.11. The molecule has 0 heterocycles. The number of carbonyl (C=O) groups is 1. The first kappa shape index (κ1) is 10.5. The molecule has 0 radical (unpaired) electrons. The fourth-order valence-electron chi connectivity index (χ4n) is 1.33. The summed E-state index contributed by atoms with van der Waals surface area (Å²) in [4.78, 5) is 10.7. The standard InChI is InChI=1S/C10H13NO3/c1-5-3-4-6(2)9(12)7(5)8(11)10(13)14/h3-4,8,12H,11H2,1-2H3,(H,13,14)/t8-/m0/s1. The van der Waals surface area contributed by atoms with Gasteiger partial charge in [-0.05, 0) is 25.0 Å². The summed E-state index contributed by atoms with van der Waals surface area (Å²) in [6.07, 6.45) is 0. The molecule has 1 aromatic rings. The Bertz CT molecular complexity index is 374. The van der Waals surface area contributed by atoms with Crippen molar-refractivity contribution in [1.82, 2.24) is 0 Å². The number of aromatic hydroxyl groups is 1. The van der Waals surface area contributed by atoms with Crippen molar-refractivity contribution in [2.75, 3.05) is 0 Å². The first-order chi connectivity index (χ1) is 6.45. The van der Waals surface area contributed by atoms with Gasteiger partial charge in [0.05, 0.1) is 0 Å². The quantitative estimate of drug-likeness (QED) is 0.659. The minimum atomic E-state index is -1.17. The molecular formula is C10H13NO3. The number of rotatable bonds is 2. The highest BCUT2D eigenvalue weighted by Gasteiger charge is 2.21. The summed E-state index contributed by atoms with van der Waals surface area (Å²) in [5, 5.41) is 18.4. The zero-order valence-electron chi connectivity index (χ0n) is 8.11. The third-order valence-electron chi connectivity index (χ3n) is 2.21. The van der Waals surface area contributed by atoms with Crippen molar-refractivity contribution in [3.05, 3.63) is 28.8 Å². The first-order valence-corrected chi connectivity index (χ1v) is 4.22. The van der Waals surface area contributed by atoms with Gasteiger partial charge in [0.2, 0.25) is 0 Å². The number of carboxylic acids is 1. The molecule has 0 bridgehead atoms. The summed E-state index contributed by atoms with van der Waals surface area (Å²) in [6.45, 7) is 3.42. The maximum Gasteiger partial charge on any atom is 0.325 e. The van der Waals surface area contributed by atoms with Crippen LogP contribution in [0.4, 0.5) is 0 Å². The fraction of sp³-hybridized carbons (Fsp3) is 0.300. The second-order valence-electron chi connectivity index (χ2n) is 3.28. The van der Waals surface area contributed by atoms with Crippen molar-refractivity contribution < 1.29 is 15.0 Å². The molecule has 0 aromatic heterocycles. The Balaban J connectivity index is 3.32. The van der Waals surface area contributed by atoms with Crippen molar-refractivity contribution in [2.45, 2.75) is 19.9 Å². The van der Waals surface area contributed by atoms with E-state index in [0.29, 0.717) is 11.1 Å². The second kappa shape index (κ2) is 3.67. The van der Waals surface area contributed by atoms with Crippen molar-refractivity contribution in [3.8, 4) is 5.75 Å². The fourth-order valence-corrected chi connectivity index (χ4v) is 1.33. The monoisotopic (exact) mass is 195 g/mol. The van der Waals surface area contributed by atoms with Gasteiger partial charge in [-0.2, -0.15) is 0 Å². The maximum absolute atomic E-state index is 10.7. The molecule has 0 aliphatic heterocycles. The van der Waals surface area contributed by atoms with Crippen molar-refractivity contribution in [1.29, 1.82) is 0 Å². The van der Waals surface area contributed by atoms with Crippen LogP contribution in [0.25, 0.3) is 0 Å². The van der Waals surface area contributed by atoms with Gasteiger partial charge in [-0.3, -0.25) is 4.79 Å². The number of hydrogen-bond acceptors (Lipinski definition) is 3. The Labute approximate surface area is 82.0 Å². The molecule has 0 aliphatic rings. The summed E-state index contributed by atoms with van der Waals surface area (Å²) in [7, 11) is 0. The van der Waals surface area contributed by atoms with Gasteiger partial charge in [-0.15, -0.1) is 0 Å². The van der Waals surface area contributed by atoms with Crippen LogP contribution in [0.1, 0.15) is 22.7 Å². The Morgan fingerprint density at radius 2 is 1.86 bits per heavy atom. The molecule has 0 fully saturated rings. The van der Waals surface area contributed by atoms with E-state index >= 15 is 0 Å². The average molecular weight is 195 g/mol. The minimum Gasteiger partial charge on any atom is -0.507 e. The van der Waals surface area contributed by atoms with Crippen molar-refractivity contribution in [2.24, 2.45) is 5.73 Å². The van der Waals surface area contributed by atoms with Crippen LogP contribution in [0.3, 0.4) is 0 Å². The van der Waals surface area contributed by atoms with Crippen molar-refractivity contribution in [3.63, 3.8) is 0 Å². The van der Waals surface area contributed by atoms with E-state index in [2.05, 4.69) is 0 Å². The molecule has 14 heavy (non-hydrogen) atoms. The molecular weight excluding hydrogens is 182 g/mol. The van der Waals surface area contributed by atoms with Gasteiger partial charge in [0.15, 0.2) is 0 Å². The molecule has 4 nitrogen and oxygen atoms in total. The Kier molecular flexibility index (Phi) is 2.76. The van der Waals surface area contributed by atoms with Crippen LogP contribution in [0.2, 0.25) is 0 Å². The smallest absolute Gasteiger partial charge is 0.325 e. The summed E-state index contributed by atoms with van der Waals surface area (Å²) >= 11 is 0. The maximum atomic E-state index is 10.7. The largest absolute Gasteiger partial charge is 0.507 e. The van der Waals surface area contributed by atoms with E-state index in [4.69, 9.17) is 10.8 Å². The molecule has 76 valence electrons. The van der Waals surface area contributed by atoms with Crippen LogP contribution in [-0.2, 0) is 4.79 Å². The van der Waals surface area contributed by atoms with E-state index in [0.717, 1.165) is 0 Å². The zero-order chi connectivity index (χ0) is 10.9. The number of aliphatic carboxylic acids is 1. The number of aryl methyl sites for hydroxylation is 2. The van der Waals surface area contributed by atoms with Crippen LogP contribution >= 0.6 is 0 Å². The molecule has 0 saturated carbocycles. The third-order valence-corrected chi connectivity index (χ3v) is 2.21. The van der Waals surface area contributed by atoms with E-state index in [1.807, 2.05) is 0 Å². The molecule has 0 saturated heterocycles. The Hall–Kier alpha value is -1.55. The lowest BCUT2D eigenvalue weighted by atomic mass is 9.98. The van der Waals surface area contributed by atoms with Gasteiger partial charge in [0.25, 0.3) is 0 Å². The summed E-state index contributed by atoms with van der Waals surface area (Å²) in [5.41, 5.74) is 7.05. The summed E-state index contributed by atoms with van der Waals surface area (Å²) in [6, 6.07) is 2.30. The van der Waals surface area contributed by atoms with Crippen LogP contribution < -0.4 is 5.73 Å². The minimum absolute atomic E-state index is 0.0279. The lowest BCUT2D eigenvalue weighted by Crippen LogP contribution is -2.21. The highest BCUT2D eigenvalue weighted by atomic mass is 16.4. The highest BCUT2D eigenvalue weighted by molar-refractivity contribution is 5.77. The molecule has 0 spiro atoms. The van der Waals surface area contributed by atoms with Crippen LogP contribution in [-0.4, -0.2) is 16.2 Å². The van der Waals surface area contributed by atoms with E-state index in [1.54, 1.807) is 26.0 Å². The number of hydrogen-bond donors (Lipinski definition) is 3. The van der Waals surface area contributed by atoms with Gasteiger partial charge >= 0.3 is 5.97 Å². The predicted molar refractivity (Wildman–Crippen MR) is 52.1 cm³/mol. The van der Waals surface area contributed by atoms with Gasteiger partial charge in [0.1, 0.15) is 11.8 Å². The van der Waals surface area contributed by atoms with E-state index in [-0.39, 0.29) is 11.3 Å². The van der Waals surface area contributed by atoms with E-state index in [9.17, 15) is 9.90 Å². The predicted octanol–water partition coefficient (Wildman–Crippen LogP) is 1.09. The Morgan fingerprint density at radius 1 is 1.36 bits per heavy atom. The van der Waals surface area contributed by atoms with Crippen LogP contribution in [0.5, 0.6) is 5.75 Å². The molecule has 1 aromatic carbocycles. The Morgan fingerprint density at radius 3 is 2.36 bits per heavy atom. The number of phenolic OH excluding ortho intramolecular Hbond substituents is 1. The third kappa shape index (κ3) is 1.70. The first-order valence-electron chi connectivity index (χ1n) is 4.22. The molecule has 0 aliphatic carbocycles. The van der Waals surface area contributed by atoms with Gasteiger partial charge in [-0.1, -0.05) is 12.1 Å². The van der Waals surface area contributed by atoms with E-state index < -0.39 is 12.0 Å². The van der Waals surface area contributed by atoms with Crippen molar-refractivity contribution >= 4 is 5.97 Å². The number of phenols is 1. The average Bonchev–Trinajstić information content (AvgIpc) is 2.12. The van der Waals surface area contributed by atoms with Gasteiger partial charge in [0, 0.05) is 5.56 Å². The lowest BCUT2D eigenvalue weighted by molar-refractivity contribution is -0.138. The number of nitrogens with two attached hydrogens (primary N) is 1. The number of benzene rings is 1. The topological polar surface area (TPSA) is 83.6 Å². The molecule has 0 amide bonds. The lowest BCUT2D eigenvalue weighted by Gasteiger charge is -2.13. The number of carboxylic acid groups (broad SMARTS) is 1. The summed E-state index contributed by atoms with van der Waals surface area (Å²) < 4.78 is 0. The molecule has 4 N–H and O–H groups in total. The molecule has 4 heteroatoms. The normalized spacial score (nSPS) is 12.5. The van der Waals surface area contributed by atoms with E-state index in [1.165, 1.54) is 0 Å². The summed E-state index contributed by atoms with van der Waals surface area (Å²) in [5.74, 6) is -1.17. The SMILES string of the molecule is Cc1ccc(C)c([C@H](N)C(=O)O)c1O. The highest BCUT2D eigenvalue weighted by Crippen LogP contribution is 2.29. The molecule has 0 unspecified atom stereocenters. The van der Waals surface area contributed by atoms with Gasteiger partial charge in [-0.25, -0.2) is 0 Å². The van der Waals surface area contributed by atoms with Crippen LogP contribution in [0.15, 0.2) is 12.1 Å². The second-order valence-corrected chi connectivity index (χ2v) is 3.28. The molecule has 1 rings (SSSR count). The van der Waals surface area contributed by atoms with Crippen LogP contribution in [0, 0.1) is 13.8 Å². The van der Waals surface area contributed by atoms with Gasteiger partial charge < -0.3 is 15.9 Å². The molecule has 1 atom stereocenters.